The third-order valence-corrected chi connectivity index (χ3v) is 3.47. The molecule has 2 aliphatic heterocycles. The third kappa shape index (κ3) is 2.05. The van der Waals surface area contributed by atoms with Gasteiger partial charge in [0.1, 0.15) is 0 Å². The summed E-state index contributed by atoms with van der Waals surface area (Å²) < 4.78 is 0. The fourth-order valence-electron chi connectivity index (χ4n) is 2.55. The van der Waals surface area contributed by atoms with Gasteiger partial charge in [-0.2, -0.15) is 0 Å². The molecule has 0 saturated carbocycles. The predicted octanol–water partition coefficient (Wildman–Crippen LogP) is 1.61. The predicted molar refractivity (Wildman–Crippen MR) is 55.9 cm³/mol. The van der Waals surface area contributed by atoms with Gasteiger partial charge in [0.25, 0.3) is 0 Å². The van der Waals surface area contributed by atoms with E-state index in [1.807, 2.05) is 0 Å². The molecular weight excluding hydrogens is 160 g/mol. The average Bonchev–Trinajstić information content (AvgIpc) is 2.27. The van der Waals surface area contributed by atoms with Crippen LogP contribution in [0.3, 0.4) is 0 Å². The molecule has 0 aromatic carbocycles. The number of hydrogen-bond acceptors (Lipinski definition) is 2. The molecule has 2 nitrogen and oxygen atoms in total. The lowest BCUT2D eigenvalue weighted by Gasteiger charge is -2.36. The smallest absolute Gasteiger partial charge is 0.0198 e. The molecule has 2 fully saturated rings. The SMILES string of the molecule is CC(C)(C)N1CC[C@H]2CC[C@@H](C1)N2. The topological polar surface area (TPSA) is 15.3 Å². The number of fused-ring (bicyclic) bond motifs is 2. The molecule has 2 aliphatic rings. The Morgan fingerprint density at radius 1 is 1.08 bits per heavy atom. The third-order valence-electron chi connectivity index (χ3n) is 3.47. The molecule has 76 valence electrons. The Morgan fingerprint density at radius 3 is 2.46 bits per heavy atom. The van der Waals surface area contributed by atoms with Gasteiger partial charge in [0.15, 0.2) is 0 Å². The zero-order valence-electron chi connectivity index (χ0n) is 9.14. The summed E-state index contributed by atoms with van der Waals surface area (Å²) in [5.74, 6) is 0. The van der Waals surface area contributed by atoms with Crippen LogP contribution < -0.4 is 5.32 Å². The number of nitrogens with one attached hydrogen (secondary N) is 1. The highest BCUT2D eigenvalue weighted by Crippen LogP contribution is 2.24. The van der Waals surface area contributed by atoms with Crippen molar-refractivity contribution in [3.05, 3.63) is 0 Å². The molecule has 0 radical (unpaired) electrons. The zero-order valence-corrected chi connectivity index (χ0v) is 9.14. The normalized spacial score (nSPS) is 36.2. The maximum absolute atomic E-state index is 3.71. The molecule has 2 rings (SSSR count). The first-order valence-corrected chi connectivity index (χ1v) is 5.57. The van der Waals surface area contributed by atoms with E-state index < -0.39 is 0 Å². The summed E-state index contributed by atoms with van der Waals surface area (Å²) in [4.78, 5) is 2.63. The van der Waals surface area contributed by atoms with E-state index in [2.05, 4.69) is 31.0 Å². The first-order valence-electron chi connectivity index (χ1n) is 5.57. The van der Waals surface area contributed by atoms with Crippen LogP contribution in [0.5, 0.6) is 0 Å². The van der Waals surface area contributed by atoms with E-state index in [0.29, 0.717) is 5.54 Å². The summed E-state index contributed by atoms with van der Waals surface area (Å²) in [6.07, 6.45) is 4.13. The molecule has 0 aromatic rings. The average molecular weight is 182 g/mol. The lowest BCUT2D eigenvalue weighted by atomic mass is 10.0. The number of hydrogen-bond donors (Lipinski definition) is 1. The Kier molecular flexibility index (Phi) is 2.37. The second-order valence-electron chi connectivity index (χ2n) is 5.54. The van der Waals surface area contributed by atoms with E-state index >= 15 is 0 Å². The Labute approximate surface area is 81.7 Å². The lowest BCUT2D eigenvalue weighted by Crippen LogP contribution is -2.46. The van der Waals surface area contributed by atoms with Crippen molar-refractivity contribution in [3.63, 3.8) is 0 Å². The van der Waals surface area contributed by atoms with Crippen molar-refractivity contribution in [2.24, 2.45) is 0 Å². The summed E-state index contributed by atoms with van der Waals surface area (Å²) in [6.45, 7) is 9.50. The molecule has 2 saturated heterocycles. The maximum atomic E-state index is 3.71. The van der Waals surface area contributed by atoms with Gasteiger partial charge < -0.3 is 5.32 Å². The Balaban J connectivity index is 2.01. The second kappa shape index (κ2) is 3.25. The van der Waals surface area contributed by atoms with Crippen LogP contribution in [0.15, 0.2) is 0 Å². The van der Waals surface area contributed by atoms with Gasteiger partial charge in [-0.25, -0.2) is 0 Å². The van der Waals surface area contributed by atoms with Crippen LogP contribution in [0.25, 0.3) is 0 Å². The van der Waals surface area contributed by atoms with Gasteiger partial charge in [-0.3, -0.25) is 4.90 Å². The maximum Gasteiger partial charge on any atom is 0.0198 e. The summed E-state index contributed by atoms with van der Waals surface area (Å²) in [7, 11) is 0. The zero-order chi connectivity index (χ0) is 9.47. The minimum atomic E-state index is 0.353. The highest BCUT2D eigenvalue weighted by Gasteiger charge is 2.32. The molecule has 0 aromatic heterocycles. The molecule has 0 aliphatic carbocycles. The Morgan fingerprint density at radius 2 is 1.77 bits per heavy atom. The monoisotopic (exact) mass is 182 g/mol. The van der Waals surface area contributed by atoms with Gasteiger partial charge in [-0.05, 0) is 40.0 Å². The van der Waals surface area contributed by atoms with Gasteiger partial charge >= 0.3 is 0 Å². The quantitative estimate of drug-likeness (QED) is 0.612. The van der Waals surface area contributed by atoms with Crippen molar-refractivity contribution in [2.75, 3.05) is 13.1 Å². The van der Waals surface area contributed by atoms with E-state index in [1.165, 1.54) is 32.4 Å². The van der Waals surface area contributed by atoms with Gasteiger partial charge in [0.2, 0.25) is 0 Å². The van der Waals surface area contributed by atoms with Crippen molar-refractivity contribution in [3.8, 4) is 0 Å². The molecular formula is C11H22N2. The molecule has 2 bridgehead atoms. The van der Waals surface area contributed by atoms with Crippen molar-refractivity contribution >= 4 is 0 Å². The Hall–Kier alpha value is -0.0800. The van der Waals surface area contributed by atoms with Crippen molar-refractivity contribution in [1.29, 1.82) is 0 Å². The van der Waals surface area contributed by atoms with Crippen molar-refractivity contribution < 1.29 is 0 Å². The lowest BCUT2D eigenvalue weighted by molar-refractivity contribution is 0.129. The fraction of sp³-hybridized carbons (Fsp3) is 1.00. The van der Waals surface area contributed by atoms with Gasteiger partial charge in [0.05, 0.1) is 0 Å². The van der Waals surface area contributed by atoms with E-state index in [9.17, 15) is 0 Å². The molecule has 0 spiro atoms. The molecule has 13 heavy (non-hydrogen) atoms. The molecule has 0 unspecified atom stereocenters. The van der Waals surface area contributed by atoms with Gasteiger partial charge in [-0.1, -0.05) is 0 Å². The summed E-state index contributed by atoms with van der Waals surface area (Å²) in [6, 6.07) is 1.59. The molecule has 2 heteroatoms. The molecule has 2 heterocycles. The van der Waals surface area contributed by atoms with E-state index in [4.69, 9.17) is 0 Å². The first-order chi connectivity index (χ1) is 6.05. The summed E-state index contributed by atoms with van der Waals surface area (Å²) in [5, 5.41) is 3.71. The van der Waals surface area contributed by atoms with Gasteiger partial charge in [0, 0.05) is 30.7 Å². The van der Waals surface area contributed by atoms with Crippen molar-refractivity contribution in [1.82, 2.24) is 10.2 Å². The highest BCUT2D eigenvalue weighted by molar-refractivity contribution is 4.92. The van der Waals surface area contributed by atoms with Gasteiger partial charge in [-0.15, -0.1) is 0 Å². The standard InChI is InChI=1S/C11H22N2/c1-11(2,3)13-7-6-9-4-5-10(8-13)12-9/h9-10,12H,4-8H2,1-3H3/t9-,10+/m1/s1. The van der Waals surface area contributed by atoms with Crippen LogP contribution >= 0.6 is 0 Å². The van der Waals surface area contributed by atoms with Crippen LogP contribution in [-0.4, -0.2) is 35.6 Å². The number of rotatable bonds is 0. The number of nitrogens with zero attached hydrogens (tertiary/aromatic N) is 1. The van der Waals surface area contributed by atoms with E-state index in [1.54, 1.807) is 0 Å². The minimum absolute atomic E-state index is 0.353. The van der Waals surface area contributed by atoms with E-state index in [0.717, 1.165) is 12.1 Å². The van der Waals surface area contributed by atoms with Crippen LogP contribution in [-0.2, 0) is 0 Å². The van der Waals surface area contributed by atoms with E-state index in [-0.39, 0.29) is 0 Å². The van der Waals surface area contributed by atoms with Crippen LogP contribution in [0.4, 0.5) is 0 Å². The molecule has 0 amide bonds. The van der Waals surface area contributed by atoms with Crippen LogP contribution in [0.2, 0.25) is 0 Å². The summed E-state index contributed by atoms with van der Waals surface area (Å²) >= 11 is 0. The van der Waals surface area contributed by atoms with Crippen LogP contribution in [0.1, 0.15) is 40.0 Å². The minimum Gasteiger partial charge on any atom is -0.310 e. The van der Waals surface area contributed by atoms with Crippen molar-refractivity contribution in [2.45, 2.75) is 57.7 Å². The first kappa shape index (κ1) is 9.47. The second-order valence-corrected chi connectivity index (χ2v) is 5.54. The summed E-state index contributed by atoms with van der Waals surface area (Å²) in [5.41, 5.74) is 0.353. The molecule has 2 atom stereocenters. The largest absolute Gasteiger partial charge is 0.310 e. The fourth-order valence-corrected chi connectivity index (χ4v) is 2.55. The highest BCUT2D eigenvalue weighted by atomic mass is 15.2. The number of likely N-dealkylation sites (tertiary alicyclic amines) is 1. The Bertz CT molecular complexity index is 183. The van der Waals surface area contributed by atoms with Crippen LogP contribution in [0, 0.1) is 0 Å². The molecule has 1 N–H and O–H groups in total.